The van der Waals surface area contributed by atoms with Crippen molar-refractivity contribution in [3.05, 3.63) is 41.3 Å². The van der Waals surface area contributed by atoms with E-state index in [1.165, 1.54) is 11.3 Å². The number of thioether (sulfide) groups is 1. The molecule has 0 spiro atoms. The zero-order valence-electron chi connectivity index (χ0n) is 10.1. The SMILES string of the molecule is BrC1C=CSC1c1ccccc1N1CCOCC1. The van der Waals surface area contributed by atoms with E-state index in [0.717, 1.165) is 26.3 Å². The highest BCUT2D eigenvalue weighted by atomic mass is 79.9. The van der Waals surface area contributed by atoms with Crippen molar-refractivity contribution < 1.29 is 4.74 Å². The lowest BCUT2D eigenvalue weighted by molar-refractivity contribution is 0.122. The molecule has 0 aromatic heterocycles. The Hall–Kier alpha value is -0.450. The Balaban J connectivity index is 1.89. The van der Waals surface area contributed by atoms with Crippen molar-refractivity contribution in [3.63, 3.8) is 0 Å². The highest BCUT2D eigenvalue weighted by molar-refractivity contribution is 9.09. The number of ether oxygens (including phenoxy) is 1. The van der Waals surface area contributed by atoms with Crippen molar-refractivity contribution in [2.75, 3.05) is 31.2 Å². The van der Waals surface area contributed by atoms with E-state index in [9.17, 15) is 0 Å². The van der Waals surface area contributed by atoms with Gasteiger partial charge in [-0.3, -0.25) is 0 Å². The van der Waals surface area contributed by atoms with Gasteiger partial charge in [-0.15, -0.1) is 11.8 Å². The second kappa shape index (κ2) is 5.68. The second-order valence-electron chi connectivity index (χ2n) is 4.49. The molecule has 0 saturated carbocycles. The van der Waals surface area contributed by atoms with Crippen molar-refractivity contribution in [3.8, 4) is 0 Å². The number of morpholine rings is 1. The summed E-state index contributed by atoms with van der Waals surface area (Å²) < 4.78 is 5.44. The average molecular weight is 326 g/mol. The van der Waals surface area contributed by atoms with Gasteiger partial charge in [0.15, 0.2) is 0 Å². The van der Waals surface area contributed by atoms with Crippen LogP contribution in [0.25, 0.3) is 0 Å². The molecule has 96 valence electrons. The van der Waals surface area contributed by atoms with Gasteiger partial charge in [-0.05, 0) is 17.0 Å². The van der Waals surface area contributed by atoms with Crippen LogP contribution in [-0.2, 0) is 4.74 Å². The summed E-state index contributed by atoms with van der Waals surface area (Å²) >= 11 is 5.65. The summed E-state index contributed by atoms with van der Waals surface area (Å²) in [5.74, 6) is 0. The van der Waals surface area contributed by atoms with E-state index in [4.69, 9.17) is 4.74 Å². The average Bonchev–Trinajstić information content (AvgIpc) is 2.86. The quantitative estimate of drug-likeness (QED) is 0.771. The van der Waals surface area contributed by atoms with Crippen LogP contribution in [0.15, 0.2) is 35.7 Å². The third-order valence-corrected chi connectivity index (χ3v) is 5.71. The van der Waals surface area contributed by atoms with Crippen molar-refractivity contribution in [2.45, 2.75) is 10.1 Å². The normalized spacial score (nSPS) is 27.7. The molecule has 1 aromatic rings. The molecular weight excluding hydrogens is 310 g/mol. The van der Waals surface area contributed by atoms with Crippen LogP contribution in [0, 0.1) is 0 Å². The second-order valence-corrected chi connectivity index (χ2v) is 6.60. The van der Waals surface area contributed by atoms with E-state index in [0.29, 0.717) is 10.1 Å². The largest absolute Gasteiger partial charge is 0.378 e. The molecule has 2 aliphatic heterocycles. The Bertz CT molecular complexity index is 445. The highest BCUT2D eigenvalue weighted by Gasteiger charge is 2.26. The molecule has 18 heavy (non-hydrogen) atoms. The highest BCUT2D eigenvalue weighted by Crippen LogP contribution is 2.45. The van der Waals surface area contributed by atoms with Crippen LogP contribution < -0.4 is 4.90 Å². The topological polar surface area (TPSA) is 12.5 Å². The lowest BCUT2D eigenvalue weighted by Crippen LogP contribution is -2.37. The monoisotopic (exact) mass is 325 g/mol. The molecule has 2 heterocycles. The van der Waals surface area contributed by atoms with Gasteiger partial charge in [-0.2, -0.15) is 0 Å². The molecule has 4 heteroatoms. The molecule has 2 aliphatic rings. The summed E-state index contributed by atoms with van der Waals surface area (Å²) in [4.78, 5) is 2.88. The minimum Gasteiger partial charge on any atom is -0.378 e. The molecule has 2 unspecified atom stereocenters. The molecule has 2 nitrogen and oxygen atoms in total. The number of rotatable bonds is 2. The van der Waals surface area contributed by atoms with Gasteiger partial charge in [0.1, 0.15) is 0 Å². The number of allylic oxidation sites excluding steroid dienone is 1. The molecule has 0 aliphatic carbocycles. The number of halogens is 1. The summed E-state index contributed by atoms with van der Waals surface area (Å²) in [6.45, 7) is 3.66. The minimum absolute atomic E-state index is 0.435. The lowest BCUT2D eigenvalue weighted by atomic mass is 10.1. The number of anilines is 1. The summed E-state index contributed by atoms with van der Waals surface area (Å²) in [5.41, 5.74) is 2.79. The molecule has 0 N–H and O–H groups in total. The van der Waals surface area contributed by atoms with Crippen molar-refractivity contribution in [1.82, 2.24) is 0 Å². The van der Waals surface area contributed by atoms with Crippen LogP contribution in [0.4, 0.5) is 5.69 Å². The summed E-state index contributed by atoms with van der Waals surface area (Å²) in [7, 11) is 0. The van der Waals surface area contributed by atoms with Gasteiger partial charge >= 0.3 is 0 Å². The maximum atomic E-state index is 5.44. The first-order chi connectivity index (χ1) is 8.86. The number of alkyl halides is 1. The Morgan fingerprint density at radius 3 is 2.72 bits per heavy atom. The number of nitrogens with zero attached hydrogens (tertiary/aromatic N) is 1. The summed E-state index contributed by atoms with van der Waals surface area (Å²) in [6, 6.07) is 8.76. The Morgan fingerprint density at radius 2 is 2.00 bits per heavy atom. The zero-order valence-corrected chi connectivity index (χ0v) is 12.5. The van der Waals surface area contributed by atoms with Gasteiger partial charge in [0.05, 0.1) is 18.5 Å². The van der Waals surface area contributed by atoms with E-state index in [-0.39, 0.29) is 0 Å². The smallest absolute Gasteiger partial charge is 0.0642 e. The molecule has 0 bridgehead atoms. The fourth-order valence-corrected chi connectivity index (χ4v) is 4.48. The first-order valence-corrected chi connectivity index (χ1v) is 8.10. The Labute approximate surface area is 121 Å². The van der Waals surface area contributed by atoms with Gasteiger partial charge in [0.25, 0.3) is 0 Å². The molecular formula is C14H16BrNOS. The predicted molar refractivity (Wildman–Crippen MR) is 81.7 cm³/mol. The fourth-order valence-electron chi connectivity index (χ4n) is 2.45. The van der Waals surface area contributed by atoms with E-state index in [2.05, 4.69) is 56.6 Å². The van der Waals surface area contributed by atoms with E-state index >= 15 is 0 Å². The van der Waals surface area contributed by atoms with Crippen molar-refractivity contribution in [1.29, 1.82) is 0 Å². The first kappa shape index (κ1) is 12.6. The first-order valence-electron chi connectivity index (χ1n) is 6.24. The third kappa shape index (κ3) is 2.46. The van der Waals surface area contributed by atoms with Gasteiger partial charge in [-0.25, -0.2) is 0 Å². The zero-order chi connectivity index (χ0) is 12.4. The lowest BCUT2D eigenvalue weighted by Gasteiger charge is -2.32. The minimum atomic E-state index is 0.435. The summed E-state index contributed by atoms with van der Waals surface area (Å²) in [5, 5.41) is 2.68. The molecule has 1 aromatic carbocycles. The number of benzene rings is 1. The summed E-state index contributed by atoms with van der Waals surface area (Å²) in [6.07, 6.45) is 2.23. The van der Waals surface area contributed by atoms with Crippen LogP contribution in [0.5, 0.6) is 0 Å². The van der Waals surface area contributed by atoms with Crippen LogP contribution in [-0.4, -0.2) is 31.1 Å². The van der Waals surface area contributed by atoms with E-state index < -0.39 is 0 Å². The Morgan fingerprint density at radius 1 is 1.22 bits per heavy atom. The molecule has 3 rings (SSSR count). The van der Waals surface area contributed by atoms with Gasteiger partial charge in [-0.1, -0.05) is 40.2 Å². The fraction of sp³-hybridized carbons (Fsp3) is 0.429. The molecule has 0 amide bonds. The molecule has 1 fully saturated rings. The van der Waals surface area contributed by atoms with Crippen LogP contribution >= 0.6 is 27.7 Å². The van der Waals surface area contributed by atoms with E-state index in [1.54, 1.807) is 0 Å². The Kier molecular flexibility index (Phi) is 3.97. The van der Waals surface area contributed by atoms with Crippen LogP contribution in [0.2, 0.25) is 0 Å². The van der Waals surface area contributed by atoms with E-state index in [1.807, 2.05) is 11.8 Å². The van der Waals surface area contributed by atoms with Crippen molar-refractivity contribution in [2.24, 2.45) is 0 Å². The number of hydrogen-bond donors (Lipinski definition) is 0. The molecule has 2 atom stereocenters. The van der Waals surface area contributed by atoms with Crippen LogP contribution in [0.1, 0.15) is 10.8 Å². The van der Waals surface area contributed by atoms with Gasteiger partial charge < -0.3 is 9.64 Å². The standard InChI is InChI=1S/C14H16BrNOS/c15-12-5-10-18-14(12)11-3-1-2-4-13(11)16-6-8-17-9-7-16/h1-5,10,12,14H,6-9H2. The van der Waals surface area contributed by atoms with Gasteiger partial charge in [0.2, 0.25) is 0 Å². The molecule has 1 saturated heterocycles. The third-order valence-electron chi connectivity index (χ3n) is 3.37. The number of hydrogen-bond acceptors (Lipinski definition) is 3. The maximum Gasteiger partial charge on any atom is 0.0642 e. The van der Waals surface area contributed by atoms with Crippen molar-refractivity contribution >= 4 is 33.4 Å². The molecule has 0 radical (unpaired) electrons. The predicted octanol–water partition coefficient (Wildman–Crippen LogP) is 3.59. The van der Waals surface area contributed by atoms with Gasteiger partial charge in [0, 0.05) is 23.6 Å². The number of para-hydroxylation sites is 1. The maximum absolute atomic E-state index is 5.44. The van der Waals surface area contributed by atoms with Crippen LogP contribution in [0.3, 0.4) is 0 Å².